The number of hydrogen-bond acceptors (Lipinski definition) is 3. The Morgan fingerprint density at radius 3 is 2.05 bits per heavy atom. The lowest BCUT2D eigenvalue weighted by Crippen LogP contribution is -2.14. The molecule has 0 aromatic heterocycles. The van der Waals surface area contributed by atoms with E-state index in [1.54, 1.807) is 25.1 Å². The molecule has 0 radical (unpaired) electrons. The largest absolute Gasteiger partial charge is 0.487 e. The van der Waals surface area contributed by atoms with E-state index in [0.717, 1.165) is 5.75 Å². The number of esters is 1. The van der Waals surface area contributed by atoms with Gasteiger partial charge in [-0.05, 0) is 44.2 Å². The van der Waals surface area contributed by atoms with Crippen molar-refractivity contribution in [3.63, 3.8) is 0 Å². The highest BCUT2D eigenvalue weighted by molar-refractivity contribution is 5.89. The van der Waals surface area contributed by atoms with Crippen molar-refractivity contribution in [1.29, 1.82) is 0 Å². The lowest BCUT2D eigenvalue weighted by atomic mass is 10.2. The number of carbonyl (C=O) groups is 1. The zero-order valence-electron chi connectivity index (χ0n) is 12.2. The molecular weight excluding hydrogens is 264 g/mol. The molecule has 1 atom stereocenters. The Kier molecular flexibility index (Phi) is 5.16. The quantitative estimate of drug-likeness (QED) is 0.472. The van der Waals surface area contributed by atoms with Gasteiger partial charge in [-0.1, -0.05) is 36.4 Å². The number of rotatable bonds is 5. The number of ether oxygens (including phenoxy) is 2. The highest BCUT2D eigenvalue weighted by Gasteiger charge is 2.09. The molecule has 0 aliphatic rings. The molecule has 108 valence electrons. The summed E-state index contributed by atoms with van der Waals surface area (Å²) in [4.78, 5) is 12.0. The summed E-state index contributed by atoms with van der Waals surface area (Å²) >= 11 is 0. The van der Waals surface area contributed by atoms with Crippen molar-refractivity contribution >= 4 is 5.97 Å². The summed E-state index contributed by atoms with van der Waals surface area (Å²) < 4.78 is 11.0. The summed E-state index contributed by atoms with van der Waals surface area (Å²) in [6.07, 6.45) is 1.54. The Hall–Kier alpha value is -2.55. The summed E-state index contributed by atoms with van der Waals surface area (Å²) in [6, 6.07) is 18.5. The van der Waals surface area contributed by atoms with Crippen LogP contribution in [0, 0.1) is 0 Å². The molecule has 0 fully saturated rings. The van der Waals surface area contributed by atoms with Gasteiger partial charge in [-0.2, -0.15) is 0 Å². The average molecular weight is 282 g/mol. The van der Waals surface area contributed by atoms with Crippen LogP contribution in [0.2, 0.25) is 0 Å². The maximum atomic E-state index is 12.0. The lowest BCUT2D eigenvalue weighted by Gasteiger charge is -2.12. The van der Waals surface area contributed by atoms with Gasteiger partial charge in [-0.3, -0.25) is 0 Å². The van der Waals surface area contributed by atoms with Crippen LogP contribution in [0.15, 0.2) is 72.3 Å². The summed E-state index contributed by atoms with van der Waals surface area (Å²) in [5.41, 5.74) is 0.516. The van der Waals surface area contributed by atoms with Crippen molar-refractivity contribution in [1.82, 2.24) is 0 Å². The number of para-hydroxylation sites is 2. The number of hydrogen-bond donors (Lipinski definition) is 0. The minimum atomic E-state index is -0.371. The standard InChI is InChI=1S/C18H18O3/c1-14(18(19)21-17-11-7-4-8-12-17)13-15(2)20-16-9-5-3-6-10-16/h3-13,15H,1-2H3. The summed E-state index contributed by atoms with van der Waals surface area (Å²) in [7, 11) is 0. The van der Waals surface area contributed by atoms with Crippen LogP contribution >= 0.6 is 0 Å². The molecule has 21 heavy (non-hydrogen) atoms. The second kappa shape index (κ2) is 7.29. The molecule has 2 aromatic carbocycles. The summed E-state index contributed by atoms with van der Waals surface area (Å²) in [5, 5.41) is 0. The Bertz CT molecular complexity index is 603. The van der Waals surface area contributed by atoms with E-state index in [1.807, 2.05) is 55.5 Å². The van der Waals surface area contributed by atoms with E-state index in [9.17, 15) is 4.79 Å². The topological polar surface area (TPSA) is 35.5 Å². The normalized spacial score (nSPS) is 12.6. The molecule has 1 unspecified atom stereocenters. The molecular formula is C18H18O3. The molecule has 3 heteroatoms. The highest BCUT2D eigenvalue weighted by Crippen LogP contribution is 2.14. The van der Waals surface area contributed by atoms with Gasteiger partial charge in [0.05, 0.1) is 0 Å². The predicted octanol–water partition coefficient (Wildman–Crippen LogP) is 4.01. The molecule has 0 aliphatic heterocycles. The van der Waals surface area contributed by atoms with Crippen LogP contribution in [-0.4, -0.2) is 12.1 Å². The van der Waals surface area contributed by atoms with Crippen molar-refractivity contribution in [3.05, 3.63) is 72.3 Å². The van der Waals surface area contributed by atoms with Crippen molar-refractivity contribution in [3.8, 4) is 11.5 Å². The van der Waals surface area contributed by atoms with E-state index < -0.39 is 0 Å². The van der Waals surface area contributed by atoms with E-state index in [0.29, 0.717) is 11.3 Å². The minimum Gasteiger partial charge on any atom is -0.487 e. The highest BCUT2D eigenvalue weighted by atomic mass is 16.5. The van der Waals surface area contributed by atoms with E-state index in [1.165, 1.54) is 0 Å². The molecule has 0 spiro atoms. The van der Waals surface area contributed by atoms with Crippen molar-refractivity contribution in [2.75, 3.05) is 0 Å². The molecule has 2 rings (SSSR count). The molecule has 0 amide bonds. The van der Waals surface area contributed by atoms with Crippen LogP contribution in [0.4, 0.5) is 0 Å². The van der Waals surface area contributed by atoms with Crippen molar-refractivity contribution < 1.29 is 14.3 Å². The fourth-order valence-electron chi connectivity index (χ4n) is 1.84. The third-order valence-corrected chi connectivity index (χ3v) is 2.83. The van der Waals surface area contributed by atoms with Gasteiger partial charge in [0.1, 0.15) is 17.6 Å². The van der Waals surface area contributed by atoms with E-state index in [-0.39, 0.29) is 12.1 Å². The fourth-order valence-corrected chi connectivity index (χ4v) is 1.84. The Morgan fingerprint density at radius 2 is 1.48 bits per heavy atom. The second-order valence-electron chi connectivity index (χ2n) is 4.69. The summed E-state index contributed by atoms with van der Waals surface area (Å²) in [5.74, 6) is 0.932. The third-order valence-electron chi connectivity index (χ3n) is 2.83. The van der Waals surface area contributed by atoms with Crippen LogP contribution in [0.25, 0.3) is 0 Å². The van der Waals surface area contributed by atoms with Crippen molar-refractivity contribution in [2.45, 2.75) is 20.0 Å². The SMILES string of the molecule is CC(=CC(C)Oc1ccccc1)C(=O)Oc1ccccc1. The van der Waals surface area contributed by atoms with Gasteiger partial charge >= 0.3 is 5.97 Å². The first kappa shape index (κ1) is 14.9. The molecule has 0 bridgehead atoms. The minimum absolute atomic E-state index is 0.212. The zero-order valence-corrected chi connectivity index (χ0v) is 12.2. The van der Waals surface area contributed by atoms with Gasteiger partial charge in [0.25, 0.3) is 0 Å². The van der Waals surface area contributed by atoms with Crippen LogP contribution in [0.5, 0.6) is 11.5 Å². The number of carbonyl (C=O) groups excluding carboxylic acids is 1. The number of benzene rings is 2. The van der Waals surface area contributed by atoms with E-state index in [2.05, 4.69) is 0 Å². The molecule has 3 nitrogen and oxygen atoms in total. The lowest BCUT2D eigenvalue weighted by molar-refractivity contribution is -0.130. The van der Waals surface area contributed by atoms with Gasteiger partial charge in [0.15, 0.2) is 0 Å². The fraction of sp³-hybridized carbons (Fsp3) is 0.167. The first-order valence-corrected chi connectivity index (χ1v) is 6.82. The van der Waals surface area contributed by atoms with Crippen LogP contribution < -0.4 is 9.47 Å². The molecule has 2 aromatic rings. The predicted molar refractivity (Wildman–Crippen MR) is 82.4 cm³/mol. The zero-order chi connectivity index (χ0) is 15.1. The van der Waals surface area contributed by atoms with Crippen LogP contribution in [0.1, 0.15) is 13.8 Å². The van der Waals surface area contributed by atoms with Gasteiger partial charge in [0, 0.05) is 5.57 Å². The van der Waals surface area contributed by atoms with Gasteiger partial charge in [-0.25, -0.2) is 4.79 Å². The average Bonchev–Trinajstić information content (AvgIpc) is 2.49. The molecule has 0 N–H and O–H groups in total. The monoisotopic (exact) mass is 282 g/mol. The first-order valence-electron chi connectivity index (χ1n) is 6.82. The molecule has 0 saturated heterocycles. The van der Waals surface area contributed by atoms with Gasteiger partial charge in [-0.15, -0.1) is 0 Å². The Morgan fingerprint density at radius 1 is 0.952 bits per heavy atom. The van der Waals surface area contributed by atoms with Crippen LogP contribution in [0.3, 0.4) is 0 Å². The van der Waals surface area contributed by atoms with E-state index >= 15 is 0 Å². The third kappa shape index (κ3) is 4.80. The Balaban J connectivity index is 1.95. The summed E-state index contributed by atoms with van der Waals surface area (Å²) in [6.45, 7) is 3.60. The second-order valence-corrected chi connectivity index (χ2v) is 4.69. The maximum absolute atomic E-state index is 12.0. The Labute approximate surface area is 124 Å². The first-order chi connectivity index (χ1) is 10.1. The maximum Gasteiger partial charge on any atom is 0.338 e. The van der Waals surface area contributed by atoms with Crippen molar-refractivity contribution in [2.24, 2.45) is 0 Å². The molecule has 0 heterocycles. The molecule has 0 saturated carbocycles. The van der Waals surface area contributed by atoms with E-state index in [4.69, 9.17) is 9.47 Å². The smallest absolute Gasteiger partial charge is 0.338 e. The molecule has 0 aliphatic carbocycles. The van der Waals surface area contributed by atoms with Gasteiger partial charge in [0.2, 0.25) is 0 Å². The van der Waals surface area contributed by atoms with Gasteiger partial charge < -0.3 is 9.47 Å². The van der Waals surface area contributed by atoms with Crippen LogP contribution in [-0.2, 0) is 4.79 Å².